The van der Waals surface area contributed by atoms with E-state index in [1.54, 1.807) is 6.20 Å². The molecule has 0 radical (unpaired) electrons. The minimum Gasteiger partial charge on any atom is -0.356 e. The Labute approximate surface area is 196 Å². The third-order valence-corrected chi connectivity index (χ3v) is 6.83. The maximum atomic E-state index is 13.3. The largest absolute Gasteiger partial charge is 0.356 e. The summed E-state index contributed by atoms with van der Waals surface area (Å²) in [4.78, 5) is 21.5. The fourth-order valence-corrected chi connectivity index (χ4v) is 4.73. The topological polar surface area (TPSA) is 61.0 Å². The molecule has 1 fully saturated rings. The molecule has 168 valence electrons. The van der Waals surface area contributed by atoms with E-state index in [1.165, 1.54) is 11.8 Å². The van der Waals surface area contributed by atoms with E-state index < -0.39 is 6.17 Å². The summed E-state index contributed by atoms with van der Waals surface area (Å²) < 4.78 is 13.3. The van der Waals surface area contributed by atoms with E-state index in [9.17, 15) is 9.18 Å². The van der Waals surface area contributed by atoms with Gasteiger partial charge in [-0.05, 0) is 54.3 Å². The van der Waals surface area contributed by atoms with E-state index in [-0.39, 0.29) is 5.56 Å². The van der Waals surface area contributed by atoms with Gasteiger partial charge in [-0.3, -0.25) is 9.69 Å². The standard InChI is InChI=1S/C24H26ClFN4OS/c1-2-17-11-21(7-8-22(17)25)28-20-5-3-16(4-6-20)15-32-24-27-12-18(23(31)29-24)13-30-10-9-19(26)14-30/h3-8,11-12,19,28H,2,9-10,13-15H2,1H3,(H,27,29,31)/t19-/m0/s1. The molecule has 1 saturated heterocycles. The smallest absolute Gasteiger partial charge is 0.256 e. The van der Waals surface area contributed by atoms with Crippen LogP contribution >= 0.6 is 23.4 Å². The quantitative estimate of drug-likeness (QED) is 0.331. The first-order chi connectivity index (χ1) is 15.5. The molecule has 32 heavy (non-hydrogen) atoms. The van der Waals surface area contributed by atoms with Crippen molar-refractivity contribution in [3.05, 3.63) is 80.7 Å². The van der Waals surface area contributed by atoms with E-state index >= 15 is 0 Å². The average molecular weight is 473 g/mol. The molecule has 1 atom stereocenters. The number of likely N-dealkylation sites (tertiary alicyclic amines) is 1. The number of nitrogens with zero attached hydrogens (tertiary/aromatic N) is 2. The summed E-state index contributed by atoms with van der Waals surface area (Å²) in [6.45, 7) is 3.59. The number of aromatic nitrogens is 2. The molecule has 0 aliphatic carbocycles. The highest BCUT2D eigenvalue weighted by Crippen LogP contribution is 2.25. The first-order valence-electron chi connectivity index (χ1n) is 10.7. The molecular formula is C24H26ClFN4OS. The van der Waals surface area contributed by atoms with Gasteiger partial charge in [0.15, 0.2) is 5.16 Å². The Hall–Kier alpha value is -2.35. The molecule has 8 heteroatoms. The van der Waals surface area contributed by atoms with Crippen LogP contribution in [-0.2, 0) is 18.7 Å². The zero-order valence-corrected chi connectivity index (χ0v) is 19.5. The van der Waals surface area contributed by atoms with Crippen molar-refractivity contribution in [1.29, 1.82) is 0 Å². The number of halogens is 2. The van der Waals surface area contributed by atoms with Crippen LogP contribution in [0, 0.1) is 0 Å². The van der Waals surface area contributed by atoms with E-state index in [0.29, 0.717) is 42.5 Å². The number of H-pyrrole nitrogens is 1. The SMILES string of the molecule is CCc1cc(Nc2ccc(CSc3ncc(CN4CC[C@H](F)C4)c(=O)[nH]3)cc2)ccc1Cl. The van der Waals surface area contributed by atoms with Gasteiger partial charge in [-0.2, -0.15) is 0 Å². The lowest BCUT2D eigenvalue weighted by Crippen LogP contribution is -2.25. The van der Waals surface area contributed by atoms with Crippen molar-refractivity contribution in [2.45, 2.75) is 43.4 Å². The second-order valence-corrected chi connectivity index (χ2v) is 9.31. The van der Waals surface area contributed by atoms with Gasteiger partial charge in [0, 0.05) is 53.5 Å². The highest BCUT2D eigenvalue weighted by molar-refractivity contribution is 7.98. The van der Waals surface area contributed by atoms with Gasteiger partial charge in [0.25, 0.3) is 5.56 Å². The molecule has 0 spiro atoms. The van der Waals surface area contributed by atoms with Gasteiger partial charge in [0.1, 0.15) is 6.17 Å². The van der Waals surface area contributed by atoms with Gasteiger partial charge in [-0.25, -0.2) is 9.37 Å². The molecule has 3 aromatic rings. The van der Waals surface area contributed by atoms with Crippen molar-refractivity contribution in [3.8, 4) is 0 Å². The van der Waals surface area contributed by atoms with E-state index in [2.05, 4.69) is 40.4 Å². The Balaban J connectivity index is 1.32. The summed E-state index contributed by atoms with van der Waals surface area (Å²) in [5, 5.41) is 4.77. The minimum atomic E-state index is -0.793. The van der Waals surface area contributed by atoms with Crippen molar-refractivity contribution in [3.63, 3.8) is 0 Å². The summed E-state index contributed by atoms with van der Waals surface area (Å²) in [5.41, 5.74) is 4.67. The van der Waals surface area contributed by atoms with Crippen LogP contribution < -0.4 is 10.9 Å². The lowest BCUT2D eigenvalue weighted by Gasteiger charge is -2.13. The van der Waals surface area contributed by atoms with Crippen LogP contribution in [0.4, 0.5) is 15.8 Å². The molecular weight excluding hydrogens is 447 g/mol. The number of benzene rings is 2. The highest BCUT2D eigenvalue weighted by Gasteiger charge is 2.22. The molecule has 0 bridgehead atoms. The summed E-state index contributed by atoms with van der Waals surface area (Å²) in [7, 11) is 0. The number of aromatic amines is 1. The van der Waals surface area contributed by atoms with Crippen LogP contribution in [0.3, 0.4) is 0 Å². The van der Waals surface area contributed by atoms with Gasteiger partial charge in [0.05, 0.1) is 0 Å². The number of hydrogen-bond acceptors (Lipinski definition) is 5. The first kappa shape index (κ1) is 22.8. The van der Waals surface area contributed by atoms with Crippen LogP contribution in [0.15, 0.2) is 58.6 Å². The number of aryl methyl sites for hydroxylation is 1. The Bertz CT molecular complexity index is 1120. The Morgan fingerprint density at radius 3 is 2.69 bits per heavy atom. The maximum absolute atomic E-state index is 13.3. The molecule has 1 aromatic heterocycles. The van der Waals surface area contributed by atoms with Gasteiger partial charge < -0.3 is 10.3 Å². The zero-order chi connectivity index (χ0) is 22.5. The second kappa shape index (κ2) is 10.5. The van der Waals surface area contributed by atoms with Crippen LogP contribution in [0.25, 0.3) is 0 Å². The van der Waals surface area contributed by atoms with Gasteiger partial charge >= 0.3 is 0 Å². The monoisotopic (exact) mass is 472 g/mol. The Kier molecular flexibility index (Phi) is 7.50. The predicted octanol–water partition coefficient (Wildman–Crippen LogP) is 5.57. The molecule has 0 amide bonds. The zero-order valence-electron chi connectivity index (χ0n) is 17.9. The number of rotatable bonds is 8. The Morgan fingerprint density at radius 2 is 2.00 bits per heavy atom. The third kappa shape index (κ3) is 5.91. The molecule has 4 rings (SSSR count). The molecule has 0 unspecified atom stereocenters. The van der Waals surface area contributed by atoms with Crippen molar-refractivity contribution in [1.82, 2.24) is 14.9 Å². The van der Waals surface area contributed by atoms with E-state index in [1.807, 2.05) is 29.2 Å². The predicted molar refractivity (Wildman–Crippen MR) is 130 cm³/mol. The normalized spacial score (nSPS) is 16.4. The van der Waals surface area contributed by atoms with Crippen LogP contribution in [0.1, 0.15) is 30.0 Å². The second-order valence-electron chi connectivity index (χ2n) is 7.93. The highest BCUT2D eigenvalue weighted by atomic mass is 35.5. The number of hydrogen-bond donors (Lipinski definition) is 2. The maximum Gasteiger partial charge on any atom is 0.256 e. The summed E-state index contributed by atoms with van der Waals surface area (Å²) >= 11 is 7.67. The van der Waals surface area contributed by atoms with E-state index in [4.69, 9.17) is 11.6 Å². The van der Waals surface area contributed by atoms with Crippen LogP contribution in [-0.4, -0.2) is 34.1 Å². The number of thioether (sulfide) groups is 1. The number of alkyl halides is 1. The fourth-order valence-electron chi connectivity index (χ4n) is 3.69. The van der Waals surface area contributed by atoms with Crippen molar-refractivity contribution >= 4 is 34.7 Å². The number of anilines is 2. The third-order valence-electron chi connectivity index (χ3n) is 5.50. The summed E-state index contributed by atoms with van der Waals surface area (Å²) in [6, 6.07) is 14.1. The van der Waals surface area contributed by atoms with Crippen LogP contribution in [0.2, 0.25) is 5.02 Å². The van der Waals surface area contributed by atoms with Crippen molar-refractivity contribution in [2.75, 3.05) is 18.4 Å². The minimum absolute atomic E-state index is 0.154. The fraction of sp³-hybridized carbons (Fsp3) is 0.333. The summed E-state index contributed by atoms with van der Waals surface area (Å²) in [5.74, 6) is 0.694. The Morgan fingerprint density at radius 1 is 1.22 bits per heavy atom. The summed E-state index contributed by atoms with van der Waals surface area (Å²) in [6.07, 6.45) is 2.24. The van der Waals surface area contributed by atoms with Gasteiger partial charge in [-0.1, -0.05) is 42.4 Å². The molecule has 1 aliphatic heterocycles. The lowest BCUT2D eigenvalue weighted by molar-refractivity contribution is 0.281. The van der Waals surface area contributed by atoms with E-state index in [0.717, 1.165) is 33.9 Å². The first-order valence-corrected chi connectivity index (χ1v) is 12.1. The molecule has 1 aliphatic rings. The van der Waals surface area contributed by atoms with Crippen molar-refractivity contribution in [2.24, 2.45) is 0 Å². The van der Waals surface area contributed by atoms with Crippen LogP contribution in [0.5, 0.6) is 0 Å². The molecule has 2 heterocycles. The molecule has 0 saturated carbocycles. The average Bonchev–Trinajstić information content (AvgIpc) is 3.21. The lowest BCUT2D eigenvalue weighted by atomic mass is 10.1. The molecule has 2 aromatic carbocycles. The molecule has 5 nitrogen and oxygen atoms in total. The number of nitrogens with one attached hydrogen (secondary N) is 2. The molecule has 2 N–H and O–H groups in total. The van der Waals surface area contributed by atoms with Crippen molar-refractivity contribution < 1.29 is 4.39 Å². The van der Waals surface area contributed by atoms with Gasteiger partial charge in [-0.15, -0.1) is 0 Å². The van der Waals surface area contributed by atoms with Gasteiger partial charge in [0.2, 0.25) is 0 Å².